The van der Waals surface area contributed by atoms with Crippen molar-refractivity contribution in [1.82, 2.24) is 40.0 Å². The van der Waals surface area contributed by atoms with Crippen molar-refractivity contribution in [2.24, 2.45) is 14.1 Å². The van der Waals surface area contributed by atoms with Crippen LogP contribution in [0.3, 0.4) is 0 Å². The Balaban J connectivity index is 1.76. The van der Waals surface area contributed by atoms with Gasteiger partial charge in [-0.3, -0.25) is 9.36 Å². The van der Waals surface area contributed by atoms with Gasteiger partial charge in [-0.05, 0) is 12.1 Å². The van der Waals surface area contributed by atoms with Crippen LogP contribution < -0.4 is 0 Å². The third-order valence-electron chi connectivity index (χ3n) is 4.25. The van der Waals surface area contributed by atoms with Crippen LogP contribution in [-0.4, -0.2) is 40.0 Å². The summed E-state index contributed by atoms with van der Waals surface area (Å²) in [7, 11) is 3.67. The maximum Gasteiger partial charge on any atom is 0.131 e. The minimum atomic E-state index is 0.733. The number of aryl methyl sites for hydroxylation is 2. The maximum atomic E-state index is 4.81. The lowest BCUT2D eigenvalue weighted by molar-refractivity contribution is 0.715. The fourth-order valence-corrected chi connectivity index (χ4v) is 2.98. The first-order valence-electron chi connectivity index (χ1n) is 8.11. The van der Waals surface area contributed by atoms with E-state index in [2.05, 4.69) is 32.8 Å². The largest absolute Gasteiger partial charge is 0.255 e. The number of aromatic nitrogens is 8. The Morgan fingerprint density at radius 1 is 0.577 bits per heavy atom. The topological polar surface area (TPSA) is 87.2 Å². The second-order valence-corrected chi connectivity index (χ2v) is 6.16. The van der Waals surface area contributed by atoms with Gasteiger partial charge in [0.25, 0.3) is 0 Å². The first-order chi connectivity index (χ1) is 12.7. The van der Waals surface area contributed by atoms with Gasteiger partial charge in [-0.2, -0.15) is 0 Å². The summed E-state index contributed by atoms with van der Waals surface area (Å²) in [5.74, 6) is 0. The van der Waals surface area contributed by atoms with Crippen molar-refractivity contribution in [3.63, 3.8) is 0 Å². The van der Waals surface area contributed by atoms with Gasteiger partial charge in [-0.1, -0.05) is 34.7 Å². The molecule has 0 aliphatic heterocycles. The standard InChI is InChI=1S/C18H14N8/c1-25-9-15(21-23-25)13-7-5-11-3-4-12-6-8-14(16-10-26(2)24-22-16)20-18(12)17(11)19-13/h3-10H,1-2H3. The number of pyridine rings is 2. The molecule has 8 nitrogen and oxygen atoms in total. The molecule has 0 bridgehead atoms. The highest BCUT2D eigenvalue weighted by atomic mass is 15.4. The average Bonchev–Trinajstić information content (AvgIpc) is 3.29. The second-order valence-electron chi connectivity index (χ2n) is 6.16. The Morgan fingerprint density at radius 3 is 1.38 bits per heavy atom. The number of hydrogen-bond donors (Lipinski definition) is 0. The molecule has 8 heteroatoms. The zero-order valence-electron chi connectivity index (χ0n) is 14.2. The van der Waals surface area contributed by atoms with E-state index in [0.717, 1.165) is 44.6 Å². The lowest BCUT2D eigenvalue weighted by Gasteiger charge is -2.05. The summed E-state index contributed by atoms with van der Waals surface area (Å²) in [5, 5.41) is 18.3. The molecule has 0 spiro atoms. The molecule has 4 aromatic heterocycles. The van der Waals surface area contributed by atoms with Gasteiger partial charge < -0.3 is 0 Å². The van der Waals surface area contributed by atoms with Crippen molar-refractivity contribution in [2.75, 3.05) is 0 Å². The lowest BCUT2D eigenvalue weighted by Crippen LogP contribution is -1.91. The lowest BCUT2D eigenvalue weighted by atomic mass is 10.1. The maximum absolute atomic E-state index is 4.81. The van der Waals surface area contributed by atoms with Crippen LogP contribution in [0.15, 0.2) is 48.8 Å². The van der Waals surface area contributed by atoms with Crippen LogP contribution in [0.5, 0.6) is 0 Å². The summed E-state index contributed by atoms with van der Waals surface area (Å²) in [6.07, 6.45) is 3.69. The number of rotatable bonds is 2. The van der Waals surface area contributed by atoms with Crippen LogP contribution in [0.1, 0.15) is 0 Å². The molecule has 0 atom stereocenters. The number of benzene rings is 1. The SMILES string of the molecule is Cn1cc(-c2ccc3ccc4ccc(-c5cn(C)nn5)nc4c3n2)nn1. The highest BCUT2D eigenvalue weighted by molar-refractivity contribution is 6.03. The zero-order valence-corrected chi connectivity index (χ0v) is 14.2. The Kier molecular flexibility index (Phi) is 3.05. The minimum Gasteiger partial charge on any atom is -0.255 e. The summed E-state index contributed by atoms with van der Waals surface area (Å²) < 4.78 is 3.32. The van der Waals surface area contributed by atoms with E-state index in [1.54, 1.807) is 9.36 Å². The molecule has 5 aromatic rings. The van der Waals surface area contributed by atoms with E-state index in [1.807, 2.05) is 50.8 Å². The average molecular weight is 342 g/mol. The summed E-state index contributed by atoms with van der Waals surface area (Å²) in [4.78, 5) is 9.61. The molecule has 0 unspecified atom stereocenters. The minimum absolute atomic E-state index is 0.733. The van der Waals surface area contributed by atoms with Gasteiger partial charge >= 0.3 is 0 Å². The Labute approximate surface area is 148 Å². The molecule has 0 saturated heterocycles. The smallest absolute Gasteiger partial charge is 0.131 e. The van der Waals surface area contributed by atoms with Crippen LogP contribution in [0.2, 0.25) is 0 Å². The van der Waals surface area contributed by atoms with Crippen molar-refractivity contribution >= 4 is 21.8 Å². The van der Waals surface area contributed by atoms with Gasteiger partial charge in [0, 0.05) is 24.9 Å². The fraction of sp³-hybridized carbons (Fsp3) is 0.111. The van der Waals surface area contributed by atoms with Gasteiger partial charge in [0.1, 0.15) is 11.4 Å². The number of fused-ring (bicyclic) bond motifs is 3. The van der Waals surface area contributed by atoms with E-state index < -0.39 is 0 Å². The van der Waals surface area contributed by atoms with Gasteiger partial charge in [-0.25, -0.2) is 9.97 Å². The van der Waals surface area contributed by atoms with Crippen LogP contribution in [0, 0.1) is 0 Å². The molecule has 0 saturated carbocycles. The second kappa shape index (κ2) is 5.41. The van der Waals surface area contributed by atoms with Gasteiger partial charge in [0.2, 0.25) is 0 Å². The van der Waals surface area contributed by atoms with Crippen molar-refractivity contribution in [1.29, 1.82) is 0 Å². The van der Waals surface area contributed by atoms with E-state index in [1.165, 1.54) is 0 Å². The molecule has 126 valence electrons. The van der Waals surface area contributed by atoms with Gasteiger partial charge in [0.15, 0.2) is 0 Å². The molecule has 0 amide bonds. The Hall–Kier alpha value is -3.68. The molecular weight excluding hydrogens is 328 g/mol. The molecule has 26 heavy (non-hydrogen) atoms. The van der Waals surface area contributed by atoms with E-state index in [0.29, 0.717) is 0 Å². The van der Waals surface area contributed by atoms with Gasteiger partial charge in [-0.15, -0.1) is 10.2 Å². The van der Waals surface area contributed by atoms with Crippen molar-refractivity contribution in [3.05, 3.63) is 48.8 Å². The molecule has 0 radical (unpaired) electrons. The Morgan fingerprint density at radius 2 is 1.00 bits per heavy atom. The Bertz CT molecular complexity index is 1170. The van der Waals surface area contributed by atoms with Crippen molar-refractivity contribution < 1.29 is 0 Å². The van der Waals surface area contributed by atoms with Crippen LogP contribution in [0.4, 0.5) is 0 Å². The predicted octanol–water partition coefficient (Wildman–Crippen LogP) is 2.37. The van der Waals surface area contributed by atoms with Crippen molar-refractivity contribution in [3.8, 4) is 22.8 Å². The molecule has 5 rings (SSSR count). The van der Waals surface area contributed by atoms with Crippen LogP contribution in [0.25, 0.3) is 44.6 Å². The van der Waals surface area contributed by atoms with Gasteiger partial charge in [0.05, 0.1) is 34.8 Å². The predicted molar refractivity (Wildman–Crippen MR) is 97.0 cm³/mol. The molecule has 0 N–H and O–H groups in total. The quantitative estimate of drug-likeness (QED) is 0.458. The highest BCUT2D eigenvalue weighted by Crippen LogP contribution is 2.27. The van der Waals surface area contributed by atoms with Crippen LogP contribution in [-0.2, 0) is 14.1 Å². The van der Waals surface area contributed by atoms with E-state index in [4.69, 9.17) is 9.97 Å². The summed E-state index contributed by atoms with van der Waals surface area (Å²) in [6, 6.07) is 12.1. The monoisotopic (exact) mass is 342 g/mol. The molecule has 4 heterocycles. The summed E-state index contributed by atoms with van der Waals surface area (Å²) in [5.41, 5.74) is 4.66. The third kappa shape index (κ3) is 2.31. The normalized spacial score (nSPS) is 11.5. The van der Waals surface area contributed by atoms with E-state index >= 15 is 0 Å². The third-order valence-corrected chi connectivity index (χ3v) is 4.25. The molecule has 0 aliphatic carbocycles. The zero-order chi connectivity index (χ0) is 17.7. The molecule has 1 aromatic carbocycles. The number of nitrogens with zero attached hydrogens (tertiary/aromatic N) is 8. The fourth-order valence-electron chi connectivity index (χ4n) is 2.98. The first kappa shape index (κ1) is 14.6. The molecule has 0 fully saturated rings. The number of hydrogen-bond acceptors (Lipinski definition) is 6. The van der Waals surface area contributed by atoms with Crippen molar-refractivity contribution in [2.45, 2.75) is 0 Å². The summed E-state index contributed by atoms with van der Waals surface area (Å²) in [6.45, 7) is 0. The molecule has 0 aliphatic rings. The highest BCUT2D eigenvalue weighted by Gasteiger charge is 2.11. The van der Waals surface area contributed by atoms with E-state index in [9.17, 15) is 0 Å². The van der Waals surface area contributed by atoms with Crippen LogP contribution >= 0.6 is 0 Å². The van der Waals surface area contributed by atoms with E-state index in [-0.39, 0.29) is 0 Å². The summed E-state index contributed by atoms with van der Waals surface area (Å²) >= 11 is 0. The molecular formula is C18H14N8. The first-order valence-corrected chi connectivity index (χ1v) is 8.11.